The van der Waals surface area contributed by atoms with Crippen molar-refractivity contribution in [2.24, 2.45) is 5.92 Å². The number of hydrogen-bond donors (Lipinski definition) is 1. The van der Waals surface area contributed by atoms with Crippen LogP contribution in [0.3, 0.4) is 0 Å². The molecule has 7 heteroatoms. The van der Waals surface area contributed by atoms with E-state index in [1.54, 1.807) is 24.3 Å². The Morgan fingerprint density at radius 2 is 1.80 bits per heavy atom. The van der Waals surface area contributed by atoms with Crippen LogP contribution in [0.4, 0.5) is 14.5 Å². The van der Waals surface area contributed by atoms with Crippen LogP contribution < -0.4 is 10.2 Å². The van der Waals surface area contributed by atoms with Gasteiger partial charge in [0.25, 0.3) is 0 Å². The molecule has 25 heavy (non-hydrogen) atoms. The molecule has 1 heterocycles. The summed E-state index contributed by atoms with van der Waals surface area (Å²) in [6.07, 6.45) is -0.0831. The van der Waals surface area contributed by atoms with Crippen LogP contribution in [0.25, 0.3) is 0 Å². The zero-order valence-corrected chi connectivity index (χ0v) is 13.9. The molecular weight excluding hydrogens is 350 g/mol. The van der Waals surface area contributed by atoms with E-state index in [1.165, 1.54) is 6.07 Å². The molecule has 0 saturated carbocycles. The van der Waals surface area contributed by atoms with Gasteiger partial charge in [-0.05, 0) is 29.8 Å². The van der Waals surface area contributed by atoms with Crippen molar-refractivity contribution in [1.29, 1.82) is 0 Å². The van der Waals surface area contributed by atoms with E-state index in [2.05, 4.69) is 5.32 Å². The van der Waals surface area contributed by atoms with E-state index >= 15 is 0 Å². The number of rotatable bonds is 4. The van der Waals surface area contributed by atoms with Crippen LogP contribution in [0.5, 0.6) is 0 Å². The second kappa shape index (κ2) is 7.19. The molecule has 1 saturated heterocycles. The van der Waals surface area contributed by atoms with Crippen LogP contribution >= 0.6 is 11.6 Å². The first-order valence-electron chi connectivity index (χ1n) is 7.72. The maximum Gasteiger partial charge on any atom is 0.228 e. The molecule has 1 N–H and O–H groups in total. The molecule has 0 radical (unpaired) electrons. The number of halogens is 3. The van der Waals surface area contributed by atoms with Gasteiger partial charge >= 0.3 is 0 Å². The number of hydrogen-bond acceptors (Lipinski definition) is 2. The predicted molar refractivity (Wildman–Crippen MR) is 90.1 cm³/mol. The van der Waals surface area contributed by atoms with Gasteiger partial charge in [0, 0.05) is 24.5 Å². The molecule has 0 bridgehead atoms. The highest BCUT2D eigenvalue weighted by atomic mass is 35.5. The lowest BCUT2D eigenvalue weighted by Gasteiger charge is -2.18. The summed E-state index contributed by atoms with van der Waals surface area (Å²) in [7, 11) is 0. The van der Waals surface area contributed by atoms with Crippen LogP contribution in [0, 0.1) is 17.6 Å². The van der Waals surface area contributed by atoms with Crippen molar-refractivity contribution in [3.63, 3.8) is 0 Å². The minimum atomic E-state index is -0.824. The first kappa shape index (κ1) is 17.4. The third kappa shape index (κ3) is 3.79. The van der Waals surface area contributed by atoms with Crippen molar-refractivity contribution < 1.29 is 18.4 Å². The maximum atomic E-state index is 13.9. The van der Waals surface area contributed by atoms with Crippen LogP contribution in [0.15, 0.2) is 42.5 Å². The van der Waals surface area contributed by atoms with Crippen molar-refractivity contribution in [1.82, 2.24) is 5.32 Å². The zero-order valence-electron chi connectivity index (χ0n) is 13.1. The van der Waals surface area contributed by atoms with Gasteiger partial charge in [-0.25, -0.2) is 8.78 Å². The standard InChI is InChI=1S/C18H15ClF2N2O2/c19-13-6-4-11(5-7-13)9-22-18(25)12-8-16(24)23(10-12)17-14(20)2-1-3-15(17)21/h1-7,12H,8-10H2,(H,22,25). The Bertz CT molecular complexity index is 791. The Balaban J connectivity index is 1.65. The van der Waals surface area contributed by atoms with Crippen LogP contribution in [-0.2, 0) is 16.1 Å². The molecule has 2 aromatic rings. The van der Waals surface area contributed by atoms with Crippen LogP contribution in [-0.4, -0.2) is 18.4 Å². The summed E-state index contributed by atoms with van der Waals surface area (Å²) in [6, 6.07) is 10.4. The van der Waals surface area contributed by atoms with Crippen molar-refractivity contribution in [2.45, 2.75) is 13.0 Å². The SMILES string of the molecule is O=C(NCc1ccc(Cl)cc1)C1CC(=O)N(c2c(F)cccc2F)C1. The molecule has 1 aliphatic rings. The van der Waals surface area contributed by atoms with E-state index in [0.717, 1.165) is 22.6 Å². The van der Waals surface area contributed by atoms with Crippen LogP contribution in [0.2, 0.25) is 5.02 Å². The molecule has 1 unspecified atom stereocenters. The molecule has 0 aromatic heterocycles. The molecule has 1 atom stereocenters. The van der Waals surface area contributed by atoms with Gasteiger partial charge in [0.05, 0.1) is 5.92 Å². The predicted octanol–water partition coefficient (Wildman–Crippen LogP) is 3.29. The Kier molecular flexibility index (Phi) is 4.99. The number of nitrogens with one attached hydrogen (secondary N) is 1. The summed E-state index contributed by atoms with van der Waals surface area (Å²) in [6.45, 7) is 0.234. The number of amides is 2. The van der Waals surface area contributed by atoms with E-state index < -0.39 is 29.1 Å². The summed E-state index contributed by atoms with van der Waals surface area (Å²) >= 11 is 5.80. The molecule has 0 spiro atoms. The van der Waals surface area contributed by atoms with Gasteiger partial charge in [-0.15, -0.1) is 0 Å². The van der Waals surface area contributed by atoms with Crippen molar-refractivity contribution in [3.8, 4) is 0 Å². The fraction of sp³-hybridized carbons (Fsp3) is 0.222. The van der Waals surface area contributed by atoms with Gasteiger partial charge in [-0.3, -0.25) is 9.59 Å². The molecule has 2 amide bonds. The monoisotopic (exact) mass is 364 g/mol. The Hall–Kier alpha value is -2.47. The van der Waals surface area contributed by atoms with Gasteiger partial charge in [-0.1, -0.05) is 29.8 Å². The molecule has 3 rings (SSSR count). The number of benzene rings is 2. The molecule has 1 aliphatic heterocycles. The zero-order chi connectivity index (χ0) is 18.0. The van der Waals surface area contributed by atoms with Gasteiger partial charge < -0.3 is 10.2 Å². The van der Waals surface area contributed by atoms with Crippen molar-refractivity contribution in [2.75, 3.05) is 11.4 Å². The van der Waals surface area contributed by atoms with E-state index in [9.17, 15) is 18.4 Å². The summed E-state index contributed by atoms with van der Waals surface area (Å²) in [4.78, 5) is 25.4. The van der Waals surface area contributed by atoms with Crippen molar-refractivity contribution in [3.05, 3.63) is 64.7 Å². The normalized spacial score (nSPS) is 17.0. The maximum absolute atomic E-state index is 13.9. The summed E-state index contributed by atoms with van der Waals surface area (Å²) < 4.78 is 27.7. The average molecular weight is 365 g/mol. The van der Waals surface area contributed by atoms with Crippen LogP contribution in [0.1, 0.15) is 12.0 Å². The Morgan fingerprint density at radius 3 is 2.44 bits per heavy atom. The topological polar surface area (TPSA) is 49.4 Å². The average Bonchev–Trinajstić information content (AvgIpc) is 2.96. The number of carbonyl (C=O) groups is 2. The highest BCUT2D eigenvalue weighted by molar-refractivity contribution is 6.30. The van der Waals surface area contributed by atoms with Gasteiger partial charge in [0.15, 0.2) is 0 Å². The van der Waals surface area contributed by atoms with E-state index in [1.807, 2.05) is 0 Å². The van der Waals surface area contributed by atoms with E-state index in [-0.39, 0.29) is 25.4 Å². The highest BCUT2D eigenvalue weighted by Crippen LogP contribution is 2.29. The van der Waals surface area contributed by atoms with E-state index in [0.29, 0.717) is 5.02 Å². The molecule has 4 nitrogen and oxygen atoms in total. The molecule has 130 valence electrons. The quantitative estimate of drug-likeness (QED) is 0.905. The second-order valence-electron chi connectivity index (χ2n) is 5.82. The largest absolute Gasteiger partial charge is 0.352 e. The van der Waals surface area contributed by atoms with E-state index in [4.69, 9.17) is 11.6 Å². The number of para-hydroxylation sites is 1. The fourth-order valence-corrected chi connectivity index (χ4v) is 2.91. The lowest BCUT2D eigenvalue weighted by atomic mass is 10.1. The molecule has 2 aromatic carbocycles. The number of carbonyl (C=O) groups excluding carboxylic acids is 2. The number of nitrogens with zero attached hydrogens (tertiary/aromatic N) is 1. The minimum Gasteiger partial charge on any atom is -0.352 e. The molecular formula is C18H15ClF2N2O2. The van der Waals surface area contributed by atoms with Gasteiger partial charge in [-0.2, -0.15) is 0 Å². The highest BCUT2D eigenvalue weighted by Gasteiger charge is 2.37. The summed E-state index contributed by atoms with van der Waals surface area (Å²) in [5.41, 5.74) is 0.458. The third-order valence-corrected chi connectivity index (χ3v) is 4.34. The lowest BCUT2D eigenvalue weighted by molar-refractivity contribution is -0.126. The van der Waals surface area contributed by atoms with Gasteiger partial charge in [0.1, 0.15) is 17.3 Å². The molecule has 1 fully saturated rings. The first-order chi connectivity index (χ1) is 12.0. The fourth-order valence-electron chi connectivity index (χ4n) is 2.78. The Labute approximate surface area is 148 Å². The summed E-state index contributed by atoms with van der Waals surface area (Å²) in [5, 5.41) is 3.33. The first-order valence-corrected chi connectivity index (χ1v) is 8.10. The Morgan fingerprint density at radius 1 is 1.16 bits per heavy atom. The van der Waals surface area contributed by atoms with Gasteiger partial charge in [0.2, 0.25) is 11.8 Å². The molecule has 0 aliphatic carbocycles. The summed E-state index contributed by atoms with van der Waals surface area (Å²) in [5.74, 6) is -3.11. The third-order valence-electron chi connectivity index (χ3n) is 4.08. The minimum absolute atomic E-state index is 0.0524. The van der Waals surface area contributed by atoms with Crippen molar-refractivity contribution >= 4 is 29.1 Å². The second-order valence-corrected chi connectivity index (χ2v) is 6.26. The number of anilines is 1. The lowest BCUT2D eigenvalue weighted by Crippen LogP contribution is -2.33. The smallest absolute Gasteiger partial charge is 0.228 e.